The van der Waals surface area contributed by atoms with Crippen LogP contribution in [-0.2, 0) is 6.54 Å². The fourth-order valence-electron chi connectivity index (χ4n) is 6.08. The van der Waals surface area contributed by atoms with E-state index in [0.717, 1.165) is 65.7 Å². The maximum absolute atomic E-state index is 12.9. The molecule has 8 nitrogen and oxygen atoms in total. The van der Waals surface area contributed by atoms with E-state index in [1.807, 2.05) is 55.7 Å². The van der Waals surface area contributed by atoms with Crippen LogP contribution in [0.3, 0.4) is 0 Å². The van der Waals surface area contributed by atoms with Crippen molar-refractivity contribution < 1.29 is 4.79 Å². The van der Waals surface area contributed by atoms with Crippen LogP contribution in [0.15, 0.2) is 65.4 Å². The summed E-state index contributed by atoms with van der Waals surface area (Å²) in [7, 11) is 0. The first-order chi connectivity index (χ1) is 20.0. The highest BCUT2D eigenvalue weighted by atomic mass is 16.1. The van der Waals surface area contributed by atoms with Gasteiger partial charge in [-0.2, -0.15) is 0 Å². The standard InChI is InChI=1S/C33H41N7O/c1-6-22(4)30(27-18-19-34-20-25(27)21-35-33(41)24-14-10-9-11-15-24)36-31-28(7-2)39-23(5)37-38-32(39)29(8-3)40(31)26-16-12-13-17-26/h7,9-11,14-15,18-20,26,29H,6,8,12-13,16-17,21H2,1-5H3,(H,35,41). The summed E-state index contributed by atoms with van der Waals surface area (Å²) in [5.41, 5.74) is 5.69. The first-order valence-corrected chi connectivity index (χ1v) is 14.9. The van der Waals surface area contributed by atoms with Gasteiger partial charge >= 0.3 is 0 Å². The van der Waals surface area contributed by atoms with Gasteiger partial charge < -0.3 is 10.2 Å². The van der Waals surface area contributed by atoms with E-state index in [-0.39, 0.29) is 11.9 Å². The summed E-state index contributed by atoms with van der Waals surface area (Å²) in [5.74, 6) is 2.73. The smallest absolute Gasteiger partial charge is 0.251 e. The van der Waals surface area contributed by atoms with Crippen molar-refractivity contribution in [3.63, 3.8) is 0 Å². The molecule has 3 heterocycles. The molecule has 5 rings (SSSR count). The molecule has 3 aromatic rings. The van der Waals surface area contributed by atoms with E-state index >= 15 is 0 Å². The third-order valence-corrected chi connectivity index (χ3v) is 8.36. The lowest BCUT2D eigenvalue weighted by Gasteiger charge is -2.43. The zero-order chi connectivity index (χ0) is 28.9. The molecule has 1 unspecified atom stereocenters. The number of fused-ring (bicyclic) bond motifs is 1. The number of hydrogen-bond acceptors (Lipinski definition) is 5. The molecule has 41 heavy (non-hydrogen) atoms. The topological polar surface area (TPSA) is 88.3 Å². The average Bonchev–Trinajstić information content (AvgIpc) is 3.68. The Morgan fingerprint density at radius 1 is 1.12 bits per heavy atom. The third kappa shape index (κ3) is 5.60. The Morgan fingerprint density at radius 2 is 1.88 bits per heavy atom. The van der Waals surface area contributed by atoms with Gasteiger partial charge in [0.05, 0.1) is 17.4 Å². The number of carbonyl (C=O) groups is 1. The van der Waals surface area contributed by atoms with Gasteiger partial charge in [-0.25, -0.2) is 4.99 Å². The minimum Gasteiger partial charge on any atom is -0.348 e. The molecule has 2 aliphatic rings. The SMILES string of the molecule is CC=C1C(=NC(=C(C)CC)c2ccncc2CNC(=O)c2ccccc2)N(C2CCCC2)C(CC)c2nnc(C)n21. The van der Waals surface area contributed by atoms with Crippen LogP contribution in [-0.4, -0.2) is 42.4 Å². The normalized spacial score (nSPS) is 19.9. The summed E-state index contributed by atoms with van der Waals surface area (Å²) in [6.45, 7) is 11.0. The van der Waals surface area contributed by atoms with Gasteiger partial charge in [-0.1, -0.05) is 51.0 Å². The Kier molecular flexibility index (Phi) is 8.76. The number of rotatable bonds is 8. The summed E-state index contributed by atoms with van der Waals surface area (Å²) < 4.78 is 2.19. The number of pyridine rings is 1. The maximum atomic E-state index is 12.9. The summed E-state index contributed by atoms with van der Waals surface area (Å²) in [6.07, 6.45) is 12.3. The van der Waals surface area contributed by atoms with Gasteiger partial charge in [-0.3, -0.25) is 14.3 Å². The van der Waals surface area contributed by atoms with Gasteiger partial charge in [0, 0.05) is 36.1 Å². The lowest BCUT2D eigenvalue weighted by molar-refractivity contribution is 0.0951. The molecule has 214 valence electrons. The summed E-state index contributed by atoms with van der Waals surface area (Å²) in [5, 5.41) is 12.2. The van der Waals surface area contributed by atoms with Crippen LogP contribution in [0, 0.1) is 6.92 Å². The lowest BCUT2D eigenvalue weighted by atomic mass is 10.00. The zero-order valence-electron chi connectivity index (χ0n) is 24.9. The van der Waals surface area contributed by atoms with Crippen molar-refractivity contribution in [2.45, 2.75) is 91.8 Å². The Balaban J connectivity index is 1.61. The Labute approximate surface area is 243 Å². The van der Waals surface area contributed by atoms with Gasteiger partial charge in [-0.05, 0) is 75.8 Å². The highest BCUT2D eigenvalue weighted by molar-refractivity contribution is 6.20. The van der Waals surface area contributed by atoms with Crippen LogP contribution in [0.1, 0.15) is 105 Å². The molecule has 0 saturated heterocycles. The number of hydrogen-bond donors (Lipinski definition) is 1. The summed E-state index contributed by atoms with van der Waals surface area (Å²) >= 11 is 0. The molecule has 1 aliphatic heterocycles. The van der Waals surface area contributed by atoms with Crippen molar-refractivity contribution in [2.75, 3.05) is 0 Å². The second-order valence-corrected chi connectivity index (χ2v) is 10.9. The fourth-order valence-corrected chi connectivity index (χ4v) is 6.08. The van der Waals surface area contributed by atoms with Gasteiger partial charge in [0.1, 0.15) is 5.82 Å². The van der Waals surface area contributed by atoms with Crippen LogP contribution >= 0.6 is 0 Å². The van der Waals surface area contributed by atoms with Crippen LogP contribution in [0.4, 0.5) is 0 Å². The number of nitrogens with zero attached hydrogens (tertiary/aromatic N) is 6. The molecule has 1 aliphatic carbocycles. The Bertz CT molecular complexity index is 1480. The molecule has 1 amide bonds. The van der Waals surface area contributed by atoms with Crippen molar-refractivity contribution in [2.24, 2.45) is 4.99 Å². The number of allylic oxidation sites excluding steroid dienone is 2. The number of nitrogens with one attached hydrogen (secondary N) is 1. The highest BCUT2D eigenvalue weighted by Crippen LogP contribution is 2.40. The minimum absolute atomic E-state index is 0.104. The molecule has 1 fully saturated rings. The molecule has 2 aromatic heterocycles. The van der Waals surface area contributed by atoms with Crippen molar-refractivity contribution in [3.8, 4) is 0 Å². The predicted octanol–water partition coefficient (Wildman–Crippen LogP) is 6.72. The molecule has 0 spiro atoms. The molecular formula is C33H41N7O. The fraction of sp³-hybridized carbons (Fsp3) is 0.424. The Hall–Kier alpha value is -4.07. The van der Waals surface area contributed by atoms with Gasteiger partial charge in [0.2, 0.25) is 0 Å². The number of amidine groups is 1. The quantitative estimate of drug-likeness (QED) is 0.336. The Morgan fingerprint density at radius 3 is 2.56 bits per heavy atom. The van der Waals surface area contributed by atoms with Gasteiger partial charge in [-0.15, -0.1) is 10.2 Å². The summed E-state index contributed by atoms with van der Waals surface area (Å²) in [4.78, 5) is 25.4. The van der Waals surface area contributed by atoms with Crippen molar-refractivity contribution >= 4 is 23.1 Å². The van der Waals surface area contributed by atoms with Gasteiger partial charge in [0.25, 0.3) is 5.91 Å². The number of aromatic nitrogens is 4. The second kappa shape index (κ2) is 12.6. The van der Waals surface area contributed by atoms with E-state index in [0.29, 0.717) is 18.2 Å². The first kappa shape index (κ1) is 28.5. The van der Waals surface area contributed by atoms with E-state index in [4.69, 9.17) is 4.99 Å². The largest absolute Gasteiger partial charge is 0.348 e. The van der Waals surface area contributed by atoms with E-state index in [1.165, 1.54) is 18.4 Å². The molecule has 1 aromatic carbocycles. The minimum atomic E-state index is -0.109. The van der Waals surface area contributed by atoms with Crippen LogP contribution in [0.5, 0.6) is 0 Å². The third-order valence-electron chi connectivity index (χ3n) is 8.36. The predicted molar refractivity (Wildman–Crippen MR) is 164 cm³/mol. The van der Waals surface area contributed by atoms with Crippen LogP contribution < -0.4 is 5.32 Å². The maximum Gasteiger partial charge on any atom is 0.251 e. The molecule has 1 N–H and O–H groups in total. The molecule has 8 heteroatoms. The van der Waals surface area contributed by atoms with E-state index in [1.54, 1.807) is 0 Å². The van der Waals surface area contributed by atoms with E-state index < -0.39 is 0 Å². The molecule has 1 saturated carbocycles. The van der Waals surface area contributed by atoms with Crippen LogP contribution in [0.2, 0.25) is 0 Å². The number of benzene rings is 1. The first-order valence-electron chi connectivity index (χ1n) is 14.9. The highest BCUT2D eigenvalue weighted by Gasteiger charge is 2.40. The van der Waals surface area contributed by atoms with Crippen molar-refractivity contribution in [1.29, 1.82) is 0 Å². The average molecular weight is 552 g/mol. The molecular weight excluding hydrogens is 510 g/mol. The monoisotopic (exact) mass is 551 g/mol. The van der Waals surface area contributed by atoms with Crippen molar-refractivity contribution in [1.82, 2.24) is 30.0 Å². The second-order valence-electron chi connectivity index (χ2n) is 10.9. The number of aliphatic imine (C=N–C) groups is 1. The van der Waals surface area contributed by atoms with Crippen molar-refractivity contribution in [3.05, 3.63) is 88.8 Å². The lowest BCUT2D eigenvalue weighted by Crippen LogP contribution is -2.47. The van der Waals surface area contributed by atoms with Gasteiger partial charge in [0.15, 0.2) is 11.7 Å². The van der Waals surface area contributed by atoms with E-state index in [2.05, 4.69) is 63.7 Å². The molecule has 0 radical (unpaired) electrons. The number of carbonyl (C=O) groups excluding carboxylic acids is 1. The summed E-state index contributed by atoms with van der Waals surface area (Å²) in [6, 6.07) is 11.8. The van der Waals surface area contributed by atoms with Crippen LogP contribution in [0.25, 0.3) is 11.4 Å². The molecule has 0 bridgehead atoms. The number of amides is 1. The zero-order valence-corrected chi connectivity index (χ0v) is 24.9. The molecule has 1 atom stereocenters. The number of aryl methyl sites for hydroxylation is 1. The van der Waals surface area contributed by atoms with E-state index in [9.17, 15) is 4.79 Å².